The molecular weight excluding hydrogens is 362 g/mol. The minimum Gasteiger partial charge on any atom is -0.404 e. The van der Waals surface area contributed by atoms with Gasteiger partial charge in [0.15, 0.2) is 0 Å². The maximum Gasteiger partial charge on any atom is 0.573 e. The van der Waals surface area contributed by atoms with Gasteiger partial charge in [-0.15, -0.1) is 13.2 Å². The highest BCUT2D eigenvalue weighted by Gasteiger charge is 2.34. The molecule has 23 heavy (non-hydrogen) atoms. The zero-order valence-corrected chi connectivity index (χ0v) is 12.6. The van der Waals surface area contributed by atoms with Crippen LogP contribution in [0.4, 0.5) is 23.2 Å². The molecule has 0 saturated carbocycles. The second kappa shape index (κ2) is 6.25. The van der Waals surface area contributed by atoms with Crippen molar-refractivity contribution in [3.8, 4) is 5.75 Å². The summed E-state index contributed by atoms with van der Waals surface area (Å²) in [5.74, 6) is -1.87. The summed E-state index contributed by atoms with van der Waals surface area (Å²) in [6.07, 6.45) is -5.08. The number of benzene rings is 2. The average molecular weight is 370 g/mol. The number of rotatable bonds is 4. The Balaban J connectivity index is 2.42. The monoisotopic (exact) mass is 369 g/mol. The minimum absolute atomic E-state index is 0.0453. The maximum absolute atomic E-state index is 13.6. The zero-order chi connectivity index (χ0) is 17.3. The lowest BCUT2D eigenvalue weighted by Crippen LogP contribution is -2.21. The summed E-state index contributed by atoms with van der Waals surface area (Å²) in [6.45, 7) is 0. The Morgan fingerprint density at radius 1 is 1.09 bits per heavy atom. The molecular formula is C13H8ClF4NO3S. The summed E-state index contributed by atoms with van der Waals surface area (Å²) >= 11 is 5.64. The van der Waals surface area contributed by atoms with Crippen molar-refractivity contribution < 1.29 is 30.7 Å². The highest BCUT2D eigenvalue weighted by molar-refractivity contribution is 7.92. The standard InChI is InChI=1S/C13H8ClF4NO3S/c14-8-5-6-9(15)10(7-8)19-23(20,21)12-4-2-1-3-11(12)22-13(16,17)18/h1-7,19H. The molecule has 4 nitrogen and oxygen atoms in total. The van der Waals surface area contributed by atoms with E-state index in [0.717, 1.165) is 24.3 Å². The van der Waals surface area contributed by atoms with Gasteiger partial charge in [0.05, 0.1) is 5.69 Å². The molecule has 0 aliphatic carbocycles. The minimum atomic E-state index is -5.08. The number of alkyl halides is 3. The van der Waals surface area contributed by atoms with Crippen LogP contribution in [0.15, 0.2) is 47.4 Å². The quantitative estimate of drug-likeness (QED) is 0.823. The Kier molecular flexibility index (Phi) is 4.71. The molecule has 0 unspecified atom stereocenters. The SMILES string of the molecule is O=S(=O)(Nc1cc(Cl)ccc1F)c1ccccc1OC(F)(F)F. The van der Waals surface area contributed by atoms with E-state index in [1.165, 1.54) is 18.2 Å². The number of halogens is 5. The van der Waals surface area contributed by atoms with E-state index in [9.17, 15) is 26.0 Å². The van der Waals surface area contributed by atoms with Crippen molar-refractivity contribution in [3.63, 3.8) is 0 Å². The van der Waals surface area contributed by atoms with Crippen LogP contribution in [0.5, 0.6) is 5.75 Å². The first-order chi connectivity index (χ1) is 10.6. The molecule has 2 aromatic carbocycles. The van der Waals surface area contributed by atoms with E-state index >= 15 is 0 Å². The molecule has 0 amide bonds. The molecule has 0 bridgehead atoms. The number of ether oxygens (including phenoxy) is 1. The van der Waals surface area contributed by atoms with E-state index in [1.54, 1.807) is 0 Å². The number of hydrogen-bond acceptors (Lipinski definition) is 3. The van der Waals surface area contributed by atoms with Crippen molar-refractivity contribution in [1.29, 1.82) is 0 Å². The van der Waals surface area contributed by atoms with Crippen molar-refractivity contribution in [1.82, 2.24) is 0 Å². The molecule has 0 radical (unpaired) electrons. The van der Waals surface area contributed by atoms with Crippen molar-refractivity contribution >= 4 is 27.3 Å². The van der Waals surface area contributed by atoms with Gasteiger partial charge in [0.25, 0.3) is 10.0 Å². The van der Waals surface area contributed by atoms with Crippen LogP contribution in [0.1, 0.15) is 0 Å². The van der Waals surface area contributed by atoms with E-state index < -0.39 is 38.5 Å². The summed E-state index contributed by atoms with van der Waals surface area (Å²) in [5.41, 5.74) is -0.501. The van der Waals surface area contributed by atoms with Crippen LogP contribution in [0, 0.1) is 5.82 Å². The number of nitrogens with one attached hydrogen (secondary N) is 1. The first-order valence-corrected chi connectivity index (χ1v) is 7.77. The van der Waals surface area contributed by atoms with E-state index in [-0.39, 0.29) is 5.02 Å². The van der Waals surface area contributed by atoms with Crippen LogP contribution in [-0.2, 0) is 10.0 Å². The first kappa shape index (κ1) is 17.4. The third kappa shape index (κ3) is 4.49. The van der Waals surface area contributed by atoms with Crippen molar-refractivity contribution in [2.45, 2.75) is 11.3 Å². The zero-order valence-electron chi connectivity index (χ0n) is 11.1. The van der Waals surface area contributed by atoms with Crippen LogP contribution in [0.2, 0.25) is 5.02 Å². The molecule has 10 heteroatoms. The molecule has 0 saturated heterocycles. The number of hydrogen-bond donors (Lipinski definition) is 1. The molecule has 0 aliphatic heterocycles. The molecule has 0 spiro atoms. The molecule has 1 N–H and O–H groups in total. The number of sulfonamides is 1. The van der Waals surface area contributed by atoms with Crippen LogP contribution in [0.3, 0.4) is 0 Å². The van der Waals surface area contributed by atoms with Gasteiger partial charge in [-0.25, -0.2) is 12.8 Å². The summed E-state index contributed by atoms with van der Waals surface area (Å²) in [5, 5.41) is 0.0453. The topological polar surface area (TPSA) is 55.4 Å². The van der Waals surface area contributed by atoms with Crippen molar-refractivity contribution in [2.24, 2.45) is 0 Å². The Morgan fingerprint density at radius 3 is 2.39 bits per heavy atom. The summed E-state index contributed by atoms with van der Waals surface area (Å²) in [7, 11) is -4.53. The fourth-order valence-corrected chi connectivity index (χ4v) is 3.02. The van der Waals surface area contributed by atoms with Gasteiger partial charge in [-0.1, -0.05) is 23.7 Å². The predicted octanol–water partition coefficient (Wildman–Crippen LogP) is 4.18. The normalized spacial score (nSPS) is 12.0. The van der Waals surface area contributed by atoms with Gasteiger partial charge < -0.3 is 4.74 Å². The van der Waals surface area contributed by atoms with Crippen molar-refractivity contribution in [2.75, 3.05) is 4.72 Å². The van der Waals surface area contributed by atoms with Gasteiger partial charge in [0.1, 0.15) is 16.5 Å². The van der Waals surface area contributed by atoms with E-state index in [1.807, 2.05) is 4.72 Å². The molecule has 2 aromatic rings. The predicted molar refractivity (Wildman–Crippen MR) is 75.3 cm³/mol. The Labute approximate surface area is 133 Å². The molecule has 2 rings (SSSR count). The van der Waals surface area contributed by atoms with Crippen LogP contribution in [-0.4, -0.2) is 14.8 Å². The van der Waals surface area contributed by atoms with E-state index in [4.69, 9.17) is 11.6 Å². The molecule has 0 atom stereocenters. The summed E-state index contributed by atoms with van der Waals surface area (Å²) in [6, 6.07) is 7.18. The summed E-state index contributed by atoms with van der Waals surface area (Å²) in [4.78, 5) is -0.795. The van der Waals surface area contributed by atoms with Gasteiger partial charge in [0.2, 0.25) is 0 Å². The fraction of sp³-hybridized carbons (Fsp3) is 0.0769. The van der Waals surface area contributed by atoms with Gasteiger partial charge in [-0.2, -0.15) is 0 Å². The maximum atomic E-state index is 13.6. The third-order valence-electron chi connectivity index (χ3n) is 2.54. The van der Waals surface area contributed by atoms with Crippen LogP contribution in [0.25, 0.3) is 0 Å². The highest BCUT2D eigenvalue weighted by atomic mass is 35.5. The Bertz CT molecular complexity index is 824. The lowest BCUT2D eigenvalue weighted by molar-refractivity contribution is -0.275. The first-order valence-electron chi connectivity index (χ1n) is 5.91. The van der Waals surface area contributed by atoms with Gasteiger partial charge in [-0.3, -0.25) is 4.72 Å². The third-order valence-corrected chi connectivity index (χ3v) is 4.18. The largest absolute Gasteiger partial charge is 0.573 e. The highest BCUT2D eigenvalue weighted by Crippen LogP contribution is 2.31. The second-order valence-corrected chi connectivity index (χ2v) is 6.31. The molecule has 0 aliphatic rings. The fourth-order valence-electron chi connectivity index (χ4n) is 1.66. The second-order valence-electron chi connectivity index (χ2n) is 4.22. The van der Waals surface area contributed by atoms with Crippen LogP contribution < -0.4 is 9.46 Å². The van der Waals surface area contributed by atoms with Gasteiger partial charge in [-0.05, 0) is 30.3 Å². The van der Waals surface area contributed by atoms with Gasteiger partial charge in [0, 0.05) is 5.02 Å². The lowest BCUT2D eigenvalue weighted by atomic mass is 10.3. The average Bonchev–Trinajstić information content (AvgIpc) is 2.41. The lowest BCUT2D eigenvalue weighted by Gasteiger charge is -2.14. The van der Waals surface area contributed by atoms with E-state index in [0.29, 0.717) is 0 Å². The summed E-state index contributed by atoms with van der Waals surface area (Å²) < 4.78 is 80.5. The molecule has 124 valence electrons. The Hall–Kier alpha value is -2.00. The molecule has 0 fully saturated rings. The number of anilines is 1. The number of para-hydroxylation sites is 1. The van der Waals surface area contributed by atoms with Gasteiger partial charge >= 0.3 is 6.36 Å². The Morgan fingerprint density at radius 2 is 1.74 bits per heavy atom. The molecule has 0 aromatic heterocycles. The van der Waals surface area contributed by atoms with Crippen LogP contribution >= 0.6 is 11.6 Å². The smallest absolute Gasteiger partial charge is 0.404 e. The van der Waals surface area contributed by atoms with Crippen molar-refractivity contribution in [3.05, 3.63) is 53.3 Å². The molecule has 0 heterocycles. The van der Waals surface area contributed by atoms with E-state index in [2.05, 4.69) is 4.74 Å².